The maximum atomic E-state index is 12.4. The van der Waals surface area contributed by atoms with Gasteiger partial charge in [-0.25, -0.2) is 13.6 Å². The Labute approximate surface area is 82.5 Å². The van der Waals surface area contributed by atoms with E-state index >= 15 is 0 Å². The van der Waals surface area contributed by atoms with Gasteiger partial charge in [0.25, 0.3) is 12.0 Å². The summed E-state index contributed by atoms with van der Waals surface area (Å²) in [5, 5.41) is 8.71. The summed E-state index contributed by atoms with van der Waals surface area (Å²) in [6.07, 6.45) is -2.12. The third-order valence-electron chi connectivity index (χ3n) is 1.86. The van der Waals surface area contributed by atoms with Gasteiger partial charge in [0, 0.05) is 12.7 Å². The predicted molar refractivity (Wildman–Crippen MR) is 46.9 cm³/mol. The van der Waals surface area contributed by atoms with Gasteiger partial charge in [-0.15, -0.1) is 0 Å². The molecule has 0 aliphatic carbocycles. The van der Waals surface area contributed by atoms with Crippen LogP contribution < -0.4 is 11.3 Å². The minimum absolute atomic E-state index is 0.0302. The molecule has 0 aromatic carbocycles. The Hall–Kier alpha value is -1.76. The van der Waals surface area contributed by atoms with Crippen molar-refractivity contribution in [3.8, 4) is 0 Å². The van der Waals surface area contributed by atoms with Gasteiger partial charge < -0.3 is 15.8 Å². The van der Waals surface area contributed by atoms with Gasteiger partial charge in [-0.05, 0) is 5.56 Å². The molecule has 1 rings (SSSR count). The highest BCUT2D eigenvalue weighted by Gasteiger charge is 2.24. The molecule has 0 spiro atoms. The quantitative estimate of drug-likeness (QED) is 0.687. The zero-order chi connectivity index (χ0) is 11.6. The monoisotopic (exact) mass is 218 g/mol. The van der Waals surface area contributed by atoms with Crippen LogP contribution in [0, 0.1) is 0 Å². The van der Waals surface area contributed by atoms with Gasteiger partial charge in [-0.2, -0.15) is 0 Å². The van der Waals surface area contributed by atoms with E-state index in [0.29, 0.717) is 0 Å². The van der Waals surface area contributed by atoms with Crippen LogP contribution in [0.2, 0.25) is 0 Å². The number of carboxylic acid groups (broad SMARTS) is 1. The Morgan fingerprint density at radius 1 is 1.60 bits per heavy atom. The average Bonchev–Trinajstić information content (AvgIpc) is 2.16. The molecule has 1 aromatic heterocycles. The minimum atomic E-state index is -3.15. The number of nitrogens with two attached hydrogens (primary N) is 1. The Morgan fingerprint density at radius 2 is 2.20 bits per heavy atom. The van der Waals surface area contributed by atoms with Gasteiger partial charge in [0.05, 0.1) is 11.1 Å². The lowest BCUT2D eigenvalue weighted by Crippen LogP contribution is -2.22. The van der Waals surface area contributed by atoms with E-state index in [4.69, 9.17) is 10.8 Å². The molecule has 0 aliphatic heterocycles. The fourth-order valence-electron chi connectivity index (χ4n) is 1.21. The van der Waals surface area contributed by atoms with Crippen molar-refractivity contribution in [2.45, 2.75) is 13.0 Å². The van der Waals surface area contributed by atoms with Crippen LogP contribution in [0.4, 0.5) is 8.78 Å². The van der Waals surface area contributed by atoms with E-state index < -0.39 is 29.1 Å². The molecule has 7 heteroatoms. The third-order valence-corrected chi connectivity index (χ3v) is 1.86. The van der Waals surface area contributed by atoms with E-state index in [-0.39, 0.29) is 12.1 Å². The van der Waals surface area contributed by atoms with Crippen molar-refractivity contribution in [1.82, 2.24) is 4.98 Å². The van der Waals surface area contributed by atoms with Crippen molar-refractivity contribution in [3.05, 3.63) is 33.2 Å². The number of halogens is 2. The number of nitrogens with one attached hydrogen (secondary N) is 1. The van der Waals surface area contributed by atoms with E-state index in [1.165, 1.54) is 0 Å². The largest absolute Gasteiger partial charge is 0.478 e. The van der Waals surface area contributed by atoms with E-state index in [2.05, 4.69) is 0 Å². The van der Waals surface area contributed by atoms with Crippen molar-refractivity contribution in [2.24, 2.45) is 5.73 Å². The lowest BCUT2D eigenvalue weighted by molar-refractivity contribution is 0.0682. The van der Waals surface area contributed by atoms with Gasteiger partial charge in [0.1, 0.15) is 0 Å². The molecule has 0 saturated heterocycles. The normalized spacial score (nSPS) is 10.7. The highest BCUT2D eigenvalue weighted by atomic mass is 19.3. The third kappa shape index (κ3) is 2.01. The first kappa shape index (κ1) is 11.3. The van der Waals surface area contributed by atoms with Crippen LogP contribution in [0.3, 0.4) is 0 Å². The van der Waals surface area contributed by atoms with Crippen LogP contribution in [-0.2, 0) is 6.54 Å². The minimum Gasteiger partial charge on any atom is -0.478 e. The molecular weight excluding hydrogens is 210 g/mol. The highest BCUT2D eigenvalue weighted by Crippen LogP contribution is 2.21. The first-order chi connectivity index (χ1) is 6.99. The molecule has 82 valence electrons. The van der Waals surface area contributed by atoms with E-state index in [0.717, 1.165) is 6.20 Å². The van der Waals surface area contributed by atoms with Crippen LogP contribution in [0.15, 0.2) is 11.0 Å². The number of rotatable bonds is 3. The zero-order valence-electron chi connectivity index (χ0n) is 7.46. The Balaban J connectivity index is 3.58. The number of aromatic amines is 1. The van der Waals surface area contributed by atoms with Gasteiger partial charge in [-0.3, -0.25) is 4.79 Å². The molecule has 0 bridgehead atoms. The average molecular weight is 218 g/mol. The Morgan fingerprint density at radius 3 is 2.60 bits per heavy atom. The van der Waals surface area contributed by atoms with Crippen molar-refractivity contribution < 1.29 is 18.7 Å². The topological polar surface area (TPSA) is 96.2 Å². The Kier molecular flexibility index (Phi) is 3.15. The second-order valence-electron chi connectivity index (χ2n) is 2.74. The van der Waals surface area contributed by atoms with Gasteiger partial charge in [0.2, 0.25) is 0 Å². The lowest BCUT2D eigenvalue weighted by Gasteiger charge is -2.07. The lowest BCUT2D eigenvalue weighted by atomic mass is 10.0. The smallest absolute Gasteiger partial charge is 0.336 e. The summed E-state index contributed by atoms with van der Waals surface area (Å²) < 4.78 is 24.9. The van der Waals surface area contributed by atoms with Crippen LogP contribution in [-0.4, -0.2) is 16.1 Å². The standard InChI is InChI=1S/C8H8F2N2O3/c9-6(10)5-4(8(14)15)3(1-11)2-12-7(5)13/h2,6H,1,11H2,(H,12,13)(H,14,15). The second-order valence-corrected chi connectivity index (χ2v) is 2.74. The summed E-state index contributed by atoms with van der Waals surface area (Å²) >= 11 is 0. The zero-order valence-corrected chi connectivity index (χ0v) is 7.46. The van der Waals surface area contributed by atoms with Crippen LogP contribution in [0.5, 0.6) is 0 Å². The summed E-state index contributed by atoms with van der Waals surface area (Å²) in [7, 11) is 0. The van der Waals surface area contributed by atoms with Crippen molar-refractivity contribution in [1.29, 1.82) is 0 Å². The number of hydrogen-bond donors (Lipinski definition) is 3. The molecule has 1 heterocycles. The van der Waals surface area contributed by atoms with Crippen molar-refractivity contribution in [2.75, 3.05) is 0 Å². The fourth-order valence-corrected chi connectivity index (χ4v) is 1.21. The van der Waals surface area contributed by atoms with Gasteiger partial charge in [0.15, 0.2) is 0 Å². The maximum absolute atomic E-state index is 12.4. The second kappa shape index (κ2) is 4.18. The number of carboxylic acids is 1. The molecule has 15 heavy (non-hydrogen) atoms. The molecule has 0 atom stereocenters. The number of aromatic nitrogens is 1. The van der Waals surface area contributed by atoms with E-state index in [1.54, 1.807) is 0 Å². The molecule has 1 aromatic rings. The summed E-state index contributed by atoms with van der Waals surface area (Å²) in [5.74, 6) is -1.59. The number of pyridine rings is 1. The van der Waals surface area contributed by atoms with E-state index in [1.807, 2.05) is 4.98 Å². The first-order valence-corrected chi connectivity index (χ1v) is 3.95. The summed E-state index contributed by atoms with van der Waals surface area (Å²) in [6.45, 7) is -0.238. The number of H-pyrrole nitrogens is 1. The highest BCUT2D eigenvalue weighted by molar-refractivity contribution is 5.91. The first-order valence-electron chi connectivity index (χ1n) is 3.95. The summed E-state index contributed by atoms with van der Waals surface area (Å²) in [5.41, 5.74) is 2.27. The number of aromatic carboxylic acids is 1. The fraction of sp³-hybridized carbons (Fsp3) is 0.250. The molecular formula is C8H8F2N2O3. The number of carbonyl (C=O) groups is 1. The van der Waals surface area contributed by atoms with Crippen molar-refractivity contribution >= 4 is 5.97 Å². The van der Waals surface area contributed by atoms with Gasteiger partial charge >= 0.3 is 5.97 Å². The molecule has 0 saturated carbocycles. The predicted octanol–water partition coefficient (Wildman–Crippen LogP) is 0.469. The molecule has 0 fully saturated rings. The molecule has 4 N–H and O–H groups in total. The molecule has 0 amide bonds. The number of alkyl halides is 2. The molecule has 0 aliphatic rings. The maximum Gasteiger partial charge on any atom is 0.336 e. The van der Waals surface area contributed by atoms with Crippen LogP contribution in [0.1, 0.15) is 27.9 Å². The Bertz CT molecular complexity index is 442. The van der Waals surface area contributed by atoms with Crippen LogP contribution >= 0.6 is 0 Å². The summed E-state index contributed by atoms with van der Waals surface area (Å²) in [6, 6.07) is 0. The molecule has 0 unspecified atom stereocenters. The molecule has 0 radical (unpaired) electrons. The number of hydrogen-bond acceptors (Lipinski definition) is 3. The molecule has 5 nitrogen and oxygen atoms in total. The van der Waals surface area contributed by atoms with Crippen LogP contribution in [0.25, 0.3) is 0 Å². The van der Waals surface area contributed by atoms with Gasteiger partial charge in [-0.1, -0.05) is 0 Å². The van der Waals surface area contributed by atoms with Crippen molar-refractivity contribution in [3.63, 3.8) is 0 Å². The summed E-state index contributed by atoms with van der Waals surface area (Å²) in [4.78, 5) is 23.7. The SMILES string of the molecule is NCc1c[nH]c(=O)c(C(F)F)c1C(=O)O. The van der Waals surface area contributed by atoms with E-state index in [9.17, 15) is 18.4 Å².